The van der Waals surface area contributed by atoms with Crippen molar-refractivity contribution in [3.8, 4) is 6.07 Å². The van der Waals surface area contributed by atoms with E-state index in [2.05, 4.69) is 54.3 Å². The Morgan fingerprint density at radius 3 is 2.93 bits per heavy atom. The number of nitriles is 1. The van der Waals surface area contributed by atoms with Crippen LogP contribution >= 0.6 is 23.1 Å². The van der Waals surface area contributed by atoms with Gasteiger partial charge in [0.2, 0.25) is 11.1 Å². The number of amides is 1. The van der Waals surface area contributed by atoms with Crippen molar-refractivity contribution in [1.29, 1.82) is 5.26 Å². The van der Waals surface area contributed by atoms with Gasteiger partial charge in [-0.3, -0.25) is 9.89 Å². The molecule has 0 aromatic carbocycles. The maximum absolute atomic E-state index is 12.5. The van der Waals surface area contributed by atoms with E-state index in [0.29, 0.717) is 27.1 Å². The van der Waals surface area contributed by atoms with Crippen molar-refractivity contribution < 1.29 is 4.79 Å². The zero-order valence-corrected chi connectivity index (χ0v) is 19.2. The first-order valence-electron chi connectivity index (χ1n) is 10.3. The smallest absolute Gasteiger partial charge is 0.235 e. The van der Waals surface area contributed by atoms with Crippen molar-refractivity contribution in [2.45, 2.75) is 71.4 Å². The number of hydrogen-bond acceptors (Lipinski definition) is 6. The van der Waals surface area contributed by atoms with Gasteiger partial charge in [0.05, 0.1) is 11.3 Å². The molecule has 1 unspecified atom stereocenters. The molecule has 1 amide bonds. The molecule has 8 heteroatoms. The summed E-state index contributed by atoms with van der Waals surface area (Å²) in [5, 5.41) is 21.0. The van der Waals surface area contributed by atoms with Gasteiger partial charge in [-0.1, -0.05) is 45.9 Å². The Hall–Kier alpha value is -1.85. The summed E-state index contributed by atoms with van der Waals surface area (Å²) in [5.41, 5.74) is 2.09. The molecular weight excluding hydrogens is 402 g/mol. The van der Waals surface area contributed by atoms with Gasteiger partial charge in [0, 0.05) is 11.3 Å². The third-order valence-corrected chi connectivity index (χ3v) is 7.99. The number of rotatable bonds is 8. The fraction of sp³-hybridized carbons (Fsp3) is 0.619. The van der Waals surface area contributed by atoms with E-state index >= 15 is 0 Å². The molecule has 29 heavy (non-hydrogen) atoms. The Morgan fingerprint density at radius 1 is 1.45 bits per heavy atom. The zero-order chi connectivity index (χ0) is 21.0. The maximum Gasteiger partial charge on any atom is 0.235 e. The van der Waals surface area contributed by atoms with E-state index < -0.39 is 0 Å². The number of anilines is 1. The molecule has 0 bridgehead atoms. The minimum atomic E-state index is -0.127. The van der Waals surface area contributed by atoms with Gasteiger partial charge < -0.3 is 5.32 Å². The molecule has 0 radical (unpaired) electrons. The highest BCUT2D eigenvalue weighted by molar-refractivity contribution is 7.99. The fourth-order valence-corrected chi connectivity index (χ4v) is 5.64. The summed E-state index contributed by atoms with van der Waals surface area (Å²) in [4.78, 5) is 18.1. The molecule has 0 aliphatic heterocycles. The minimum Gasteiger partial charge on any atom is -0.316 e. The van der Waals surface area contributed by atoms with Crippen LogP contribution in [0.5, 0.6) is 0 Å². The van der Waals surface area contributed by atoms with E-state index in [-0.39, 0.29) is 11.7 Å². The highest BCUT2D eigenvalue weighted by atomic mass is 32.2. The van der Waals surface area contributed by atoms with Crippen molar-refractivity contribution in [3.63, 3.8) is 0 Å². The lowest BCUT2D eigenvalue weighted by atomic mass is 9.69. The number of carbonyl (C=O) groups excluding carboxylic acids is 1. The number of thioether (sulfide) groups is 1. The van der Waals surface area contributed by atoms with Crippen LogP contribution in [-0.2, 0) is 24.1 Å². The normalized spacial score (nSPS) is 16.3. The summed E-state index contributed by atoms with van der Waals surface area (Å²) in [6.45, 7) is 8.99. The summed E-state index contributed by atoms with van der Waals surface area (Å²) in [6, 6.07) is 2.33. The standard InChI is InChI=1S/C21H29N5OS2/c1-5-7-17-23-20(26-25-17)28-12-18(27)24-19-15(11-22)14-9-8-13(10-16(14)29-19)21(3,4)6-2/h13H,5-10,12H2,1-4H3,(H,24,27)(H,23,25,26). The lowest BCUT2D eigenvalue weighted by Gasteiger charge is -2.36. The average molecular weight is 432 g/mol. The molecule has 0 fully saturated rings. The first-order valence-corrected chi connectivity index (χ1v) is 12.1. The number of aromatic nitrogens is 3. The van der Waals surface area contributed by atoms with Crippen molar-refractivity contribution in [2.75, 3.05) is 11.1 Å². The Morgan fingerprint density at radius 2 is 2.24 bits per heavy atom. The van der Waals surface area contributed by atoms with E-state index in [9.17, 15) is 10.1 Å². The molecule has 2 heterocycles. The van der Waals surface area contributed by atoms with Gasteiger partial charge in [0.15, 0.2) is 0 Å². The molecule has 2 N–H and O–H groups in total. The lowest BCUT2D eigenvalue weighted by molar-refractivity contribution is -0.113. The second kappa shape index (κ2) is 9.31. The fourth-order valence-electron chi connectivity index (χ4n) is 3.73. The van der Waals surface area contributed by atoms with Crippen LogP contribution in [0, 0.1) is 22.7 Å². The van der Waals surface area contributed by atoms with Gasteiger partial charge in [-0.15, -0.1) is 16.4 Å². The molecule has 1 aliphatic carbocycles. The number of nitrogens with one attached hydrogen (secondary N) is 2. The summed E-state index contributed by atoms with van der Waals surface area (Å²) in [6.07, 6.45) is 6.01. The van der Waals surface area contributed by atoms with E-state index in [1.165, 1.54) is 16.6 Å². The number of hydrogen-bond donors (Lipinski definition) is 2. The lowest BCUT2D eigenvalue weighted by Crippen LogP contribution is -2.28. The van der Waals surface area contributed by atoms with Gasteiger partial charge in [-0.2, -0.15) is 5.26 Å². The van der Waals surface area contributed by atoms with E-state index in [4.69, 9.17) is 0 Å². The molecule has 0 saturated heterocycles. The molecule has 6 nitrogen and oxygen atoms in total. The number of fused-ring (bicyclic) bond motifs is 1. The highest BCUT2D eigenvalue weighted by Gasteiger charge is 2.34. The number of aromatic amines is 1. The molecule has 0 saturated carbocycles. The first-order chi connectivity index (χ1) is 13.9. The maximum atomic E-state index is 12.5. The molecule has 156 valence electrons. The van der Waals surface area contributed by atoms with E-state index in [0.717, 1.165) is 49.9 Å². The van der Waals surface area contributed by atoms with Crippen LogP contribution in [0.4, 0.5) is 5.00 Å². The van der Waals surface area contributed by atoms with E-state index in [1.807, 2.05) is 0 Å². The average Bonchev–Trinajstić information content (AvgIpc) is 3.29. The number of nitrogens with zero attached hydrogens (tertiary/aromatic N) is 3. The molecule has 1 atom stereocenters. The highest BCUT2D eigenvalue weighted by Crippen LogP contribution is 2.45. The Balaban J connectivity index is 1.65. The Kier molecular flexibility index (Phi) is 7.01. The first kappa shape index (κ1) is 21.8. The quantitative estimate of drug-likeness (QED) is 0.576. The van der Waals surface area contributed by atoms with Crippen LogP contribution in [0.3, 0.4) is 0 Å². The van der Waals surface area contributed by atoms with Crippen LogP contribution in [0.15, 0.2) is 5.16 Å². The number of aryl methyl sites for hydroxylation is 1. The number of H-pyrrole nitrogens is 1. The molecular formula is C21H29N5OS2. The monoisotopic (exact) mass is 431 g/mol. The third kappa shape index (κ3) is 5.01. The van der Waals surface area contributed by atoms with Gasteiger partial charge in [0.25, 0.3) is 0 Å². The molecule has 0 spiro atoms. The van der Waals surface area contributed by atoms with Crippen LogP contribution in [0.2, 0.25) is 0 Å². The minimum absolute atomic E-state index is 0.127. The SMILES string of the molecule is CCCc1nc(SCC(=O)Nc2sc3c(c2C#N)CCC(C(C)(C)CC)C3)n[nH]1. The van der Waals surface area contributed by atoms with Crippen molar-refractivity contribution in [2.24, 2.45) is 11.3 Å². The van der Waals surface area contributed by atoms with E-state index in [1.54, 1.807) is 11.3 Å². The number of carbonyl (C=O) groups is 1. The Labute approximate surface area is 180 Å². The van der Waals surface area contributed by atoms with Gasteiger partial charge in [-0.05, 0) is 42.6 Å². The second-order valence-electron chi connectivity index (χ2n) is 8.25. The topological polar surface area (TPSA) is 94.5 Å². The summed E-state index contributed by atoms with van der Waals surface area (Å²) in [5.74, 6) is 1.56. The Bertz CT molecular complexity index is 909. The molecule has 2 aromatic heterocycles. The van der Waals surface area contributed by atoms with Crippen LogP contribution in [0.25, 0.3) is 0 Å². The third-order valence-electron chi connectivity index (χ3n) is 5.98. The van der Waals surface area contributed by atoms with Crippen LogP contribution in [0.1, 0.15) is 68.8 Å². The largest absolute Gasteiger partial charge is 0.316 e. The molecule has 1 aliphatic rings. The van der Waals surface area contributed by atoms with Gasteiger partial charge in [-0.25, -0.2) is 4.98 Å². The van der Waals surface area contributed by atoms with Crippen molar-refractivity contribution >= 4 is 34.0 Å². The van der Waals surface area contributed by atoms with Crippen molar-refractivity contribution in [1.82, 2.24) is 15.2 Å². The molecule has 3 rings (SSSR count). The predicted octanol–water partition coefficient (Wildman–Crippen LogP) is 4.96. The van der Waals surface area contributed by atoms with Crippen LogP contribution in [-0.4, -0.2) is 26.8 Å². The summed E-state index contributed by atoms with van der Waals surface area (Å²) < 4.78 is 0. The predicted molar refractivity (Wildman–Crippen MR) is 118 cm³/mol. The number of thiophene rings is 1. The van der Waals surface area contributed by atoms with Gasteiger partial charge in [0.1, 0.15) is 16.9 Å². The second-order valence-corrected chi connectivity index (χ2v) is 10.3. The van der Waals surface area contributed by atoms with Gasteiger partial charge >= 0.3 is 0 Å². The van der Waals surface area contributed by atoms with Crippen LogP contribution < -0.4 is 5.32 Å². The van der Waals surface area contributed by atoms with Crippen molar-refractivity contribution in [3.05, 3.63) is 21.8 Å². The summed E-state index contributed by atoms with van der Waals surface area (Å²) in [7, 11) is 0. The summed E-state index contributed by atoms with van der Waals surface area (Å²) >= 11 is 2.88. The zero-order valence-electron chi connectivity index (χ0n) is 17.6. The molecule has 2 aromatic rings.